The van der Waals surface area contributed by atoms with Gasteiger partial charge in [0.1, 0.15) is 0 Å². The van der Waals surface area contributed by atoms with E-state index in [1.165, 1.54) is 0 Å². The van der Waals surface area contributed by atoms with Crippen molar-refractivity contribution >= 4 is 37.9 Å². The highest BCUT2D eigenvalue weighted by Gasteiger charge is 2.47. The van der Waals surface area contributed by atoms with E-state index in [2.05, 4.69) is 4.99 Å². The average molecular weight is 210 g/mol. The van der Waals surface area contributed by atoms with Gasteiger partial charge in [-0.05, 0) is 0 Å². The van der Waals surface area contributed by atoms with Crippen molar-refractivity contribution in [2.24, 2.45) is 4.99 Å². The normalized spacial score (nSPS) is 17.9. The van der Waals surface area contributed by atoms with E-state index in [0.29, 0.717) is 6.21 Å². The number of nitrogens with one attached hydrogen (secondary N) is 1. The van der Waals surface area contributed by atoms with E-state index in [4.69, 9.17) is 10.7 Å². The van der Waals surface area contributed by atoms with Crippen molar-refractivity contribution in [2.45, 2.75) is 0 Å². The maximum absolute atomic E-state index is 10.7. The van der Waals surface area contributed by atoms with Crippen LogP contribution in [-0.2, 0) is 13.8 Å². The number of imide groups is 1. The Morgan fingerprint density at radius 1 is 1.50 bits per heavy atom. The summed E-state index contributed by atoms with van der Waals surface area (Å²) in [5.74, 6) is -1.06. The van der Waals surface area contributed by atoms with Gasteiger partial charge in [0.15, 0.2) is 0 Å². The van der Waals surface area contributed by atoms with Gasteiger partial charge in [0.05, 0.1) is 10.7 Å². The number of aliphatic imine (C=N–C) groups is 1. The molecule has 0 saturated carbocycles. The maximum Gasteiger partial charge on any atom is 0.440 e. The minimum Gasteiger partial charge on any atom is -0.246 e. The molecule has 64 valence electrons. The molecule has 0 spiro atoms. The Hall–Kier alpha value is -1.08. The average Bonchev–Trinajstić information content (AvgIpc) is 1.83. The van der Waals surface area contributed by atoms with E-state index in [-0.39, 0.29) is 0 Å². The number of urea groups is 1. The van der Waals surface area contributed by atoms with E-state index in [1.807, 2.05) is 0 Å². The first kappa shape index (κ1) is 9.01. The topological polar surface area (TPSA) is 92.7 Å². The first-order valence-corrected chi connectivity index (χ1v) is 4.93. The molecule has 0 aromatic heterocycles. The Balaban J connectivity index is 3.03. The lowest BCUT2D eigenvalue weighted by Crippen LogP contribution is -2.39. The Bertz CT molecular complexity index is 359. The predicted octanol–water partition coefficient (Wildman–Crippen LogP) is -0.592. The molecule has 0 fully saturated rings. The first-order chi connectivity index (χ1) is 5.41. The van der Waals surface area contributed by atoms with Gasteiger partial charge in [-0.2, -0.15) is 13.4 Å². The van der Waals surface area contributed by atoms with Crippen LogP contribution < -0.4 is 5.32 Å². The van der Waals surface area contributed by atoms with Crippen LogP contribution in [0.3, 0.4) is 0 Å². The lowest BCUT2D eigenvalue weighted by molar-refractivity contribution is -0.116. The van der Waals surface area contributed by atoms with Gasteiger partial charge in [0, 0.05) is 0 Å². The monoisotopic (exact) mass is 209 g/mol. The Labute approximate surface area is 72.0 Å². The van der Waals surface area contributed by atoms with Crippen molar-refractivity contribution in [1.82, 2.24) is 5.32 Å². The minimum atomic E-state index is -4.12. The standard InChI is InChI=1S/C4HClN2O4S/c5-12(10,11)2-1-6-4(9)7-3(2)8/h1H/p+1. The number of amides is 3. The largest absolute Gasteiger partial charge is 0.440 e. The van der Waals surface area contributed by atoms with Gasteiger partial charge in [0.25, 0.3) is 0 Å². The highest BCUT2D eigenvalue weighted by Crippen LogP contribution is 2.15. The molecular formula is C4H2ClN2O4S+. The molecule has 1 aliphatic rings. The lowest BCUT2D eigenvalue weighted by atomic mass is 10.4. The third-order valence-corrected chi connectivity index (χ3v) is 2.32. The lowest BCUT2D eigenvalue weighted by Gasteiger charge is -1.99. The van der Waals surface area contributed by atoms with E-state index < -0.39 is 26.2 Å². The summed E-state index contributed by atoms with van der Waals surface area (Å²) in [6.07, 6.45) is 0.615. The van der Waals surface area contributed by atoms with E-state index in [1.54, 1.807) is 5.32 Å². The summed E-state index contributed by atoms with van der Waals surface area (Å²) in [6, 6.07) is -0.913. The molecule has 8 heteroatoms. The second-order valence-electron chi connectivity index (χ2n) is 1.82. The fraction of sp³-hybridized carbons (Fsp3) is 0. The summed E-state index contributed by atoms with van der Waals surface area (Å²) in [5, 5.41) is 0.927. The van der Waals surface area contributed by atoms with Crippen LogP contribution in [0.4, 0.5) is 4.79 Å². The number of rotatable bonds is 1. The van der Waals surface area contributed by atoms with Crippen molar-refractivity contribution in [1.29, 1.82) is 0 Å². The quantitative estimate of drug-likeness (QED) is 0.461. The third-order valence-electron chi connectivity index (χ3n) is 1.01. The summed E-state index contributed by atoms with van der Waals surface area (Å²) >= 11 is 0. The molecule has 1 aliphatic heterocycles. The summed E-state index contributed by atoms with van der Waals surface area (Å²) in [5.41, 5.74) is 0. The van der Waals surface area contributed by atoms with Crippen molar-refractivity contribution in [3.05, 3.63) is 5.25 Å². The second-order valence-corrected chi connectivity index (χ2v) is 4.35. The smallest absolute Gasteiger partial charge is 0.246 e. The molecule has 0 aromatic rings. The van der Waals surface area contributed by atoms with Crippen molar-refractivity contribution in [2.75, 3.05) is 0 Å². The van der Waals surface area contributed by atoms with Crippen LogP contribution in [0.15, 0.2) is 4.99 Å². The number of carbonyl (C=O) groups excluding carboxylic acids is 2. The molecule has 12 heavy (non-hydrogen) atoms. The summed E-state index contributed by atoms with van der Waals surface area (Å²) in [4.78, 5) is 24.1. The molecule has 3 amide bonds. The molecular weight excluding hydrogens is 208 g/mol. The molecule has 1 N–H and O–H groups in total. The molecule has 0 aromatic carbocycles. The maximum atomic E-state index is 10.7. The predicted molar refractivity (Wildman–Crippen MR) is 40.0 cm³/mol. The van der Waals surface area contributed by atoms with Crippen LogP contribution in [0.1, 0.15) is 0 Å². The van der Waals surface area contributed by atoms with E-state index >= 15 is 0 Å². The summed E-state index contributed by atoms with van der Waals surface area (Å²) in [6.45, 7) is 0. The van der Waals surface area contributed by atoms with Crippen LogP contribution in [0.2, 0.25) is 0 Å². The fourth-order valence-electron chi connectivity index (χ4n) is 0.541. The zero-order chi connectivity index (χ0) is 9.35. The van der Waals surface area contributed by atoms with Crippen molar-refractivity contribution in [3.8, 4) is 0 Å². The van der Waals surface area contributed by atoms with Gasteiger partial charge in [0.2, 0.25) is 6.21 Å². The Morgan fingerprint density at radius 3 is 2.50 bits per heavy atom. The van der Waals surface area contributed by atoms with Crippen molar-refractivity contribution < 1.29 is 18.0 Å². The van der Waals surface area contributed by atoms with Crippen LogP contribution >= 0.6 is 10.7 Å². The highest BCUT2D eigenvalue weighted by molar-refractivity contribution is 8.17. The number of hydrogen-bond donors (Lipinski definition) is 1. The molecule has 0 atom stereocenters. The minimum absolute atomic E-state index is 0.615. The SMILES string of the molecule is O=C1N=C[C+](S(=O)(=O)Cl)C(=O)N1. The van der Waals surface area contributed by atoms with Crippen molar-refractivity contribution in [3.63, 3.8) is 0 Å². The molecule has 0 unspecified atom stereocenters. The summed E-state index contributed by atoms with van der Waals surface area (Å²) < 4.78 is 21.1. The van der Waals surface area contributed by atoms with E-state index in [0.717, 1.165) is 0 Å². The van der Waals surface area contributed by atoms with Crippen LogP contribution in [0.25, 0.3) is 0 Å². The molecule has 1 heterocycles. The molecule has 0 radical (unpaired) electrons. The number of carbonyl (C=O) groups is 2. The van der Waals surface area contributed by atoms with Gasteiger partial charge >= 0.3 is 26.2 Å². The third kappa shape index (κ3) is 1.74. The second kappa shape index (κ2) is 2.76. The van der Waals surface area contributed by atoms with Gasteiger partial charge in [-0.15, -0.1) is 0 Å². The molecule has 1 rings (SSSR count). The van der Waals surface area contributed by atoms with Crippen LogP contribution in [0, 0.1) is 5.25 Å². The molecule has 6 nitrogen and oxygen atoms in total. The zero-order valence-electron chi connectivity index (χ0n) is 5.44. The van der Waals surface area contributed by atoms with Gasteiger partial charge in [-0.1, -0.05) is 0 Å². The Morgan fingerprint density at radius 2 is 2.08 bits per heavy atom. The van der Waals surface area contributed by atoms with Crippen LogP contribution in [0.5, 0.6) is 0 Å². The number of hydrogen-bond acceptors (Lipinski definition) is 4. The van der Waals surface area contributed by atoms with Crippen LogP contribution in [-0.4, -0.2) is 26.6 Å². The van der Waals surface area contributed by atoms with Gasteiger partial charge in [-0.3, -0.25) is 0 Å². The molecule has 0 aliphatic carbocycles. The molecule has 0 bridgehead atoms. The first-order valence-electron chi connectivity index (χ1n) is 2.62. The fourth-order valence-corrected chi connectivity index (χ4v) is 1.32. The molecule has 0 saturated heterocycles. The number of nitrogens with zero attached hydrogens (tertiary/aromatic N) is 1. The zero-order valence-corrected chi connectivity index (χ0v) is 7.02. The Kier molecular flexibility index (Phi) is 2.07. The van der Waals surface area contributed by atoms with Gasteiger partial charge < -0.3 is 0 Å². The van der Waals surface area contributed by atoms with Gasteiger partial charge in [-0.25, -0.2) is 14.9 Å². The van der Waals surface area contributed by atoms with E-state index in [9.17, 15) is 18.0 Å². The highest BCUT2D eigenvalue weighted by atomic mass is 35.7. The summed E-state index contributed by atoms with van der Waals surface area (Å²) in [7, 11) is 0.703. The number of halogens is 1.